The van der Waals surface area contributed by atoms with Crippen molar-refractivity contribution in [1.29, 1.82) is 0 Å². The summed E-state index contributed by atoms with van der Waals surface area (Å²) in [4.78, 5) is 17.6. The van der Waals surface area contributed by atoms with Crippen LogP contribution >= 0.6 is 11.6 Å². The molecule has 10 heteroatoms. The molecule has 0 unspecified atom stereocenters. The molecule has 2 aromatic heterocycles. The van der Waals surface area contributed by atoms with Crippen LogP contribution in [0.4, 0.5) is 0 Å². The molecule has 0 saturated carbocycles. The van der Waals surface area contributed by atoms with Crippen molar-refractivity contribution in [2.75, 3.05) is 6.61 Å². The van der Waals surface area contributed by atoms with E-state index < -0.39 is 5.60 Å². The molecule has 0 spiro atoms. The van der Waals surface area contributed by atoms with Gasteiger partial charge in [0.2, 0.25) is 11.7 Å². The van der Waals surface area contributed by atoms with E-state index in [1.165, 1.54) is 4.80 Å². The lowest BCUT2D eigenvalue weighted by molar-refractivity contribution is -0.156. The molecule has 0 saturated heterocycles. The fourth-order valence-electron chi connectivity index (χ4n) is 2.67. The van der Waals surface area contributed by atoms with Gasteiger partial charge < -0.3 is 14.6 Å². The first-order valence-corrected chi connectivity index (χ1v) is 10.1. The van der Waals surface area contributed by atoms with Gasteiger partial charge in [0, 0.05) is 35.4 Å². The van der Waals surface area contributed by atoms with E-state index in [9.17, 15) is 9.90 Å². The van der Waals surface area contributed by atoms with Gasteiger partial charge >= 0.3 is 5.97 Å². The maximum atomic E-state index is 12.0. The van der Waals surface area contributed by atoms with E-state index in [1.54, 1.807) is 63.4 Å². The number of nitrogens with zero attached hydrogens (tertiary/aromatic N) is 5. The molecule has 1 atom stereocenters. The largest absolute Gasteiger partial charge is 0.460 e. The Balaban J connectivity index is 1.60. The van der Waals surface area contributed by atoms with Crippen LogP contribution in [-0.2, 0) is 16.1 Å². The molecule has 0 aliphatic carbocycles. The molecule has 0 fully saturated rings. The summed E-state index contributed by atoms with van der Waals surface area (Å²) in [5, 5.41) is 22.6. The Morgan fingerprint density at radius 2 is 1.94 bits per heavy atom. The molecule has 9 nitrogen and oxygen atoms in total. The summed E-state index contributed by atoms with van der Waals surface area (Å²) < 4.78 is 11.0. The molecule has 1 aromatic carbocycles. The Labute approximate surface area is 185 Å². The van der Waals surface area contributed by atoms with Crippen LogP contribution in [0.15, 0.2) is 42.6 Å². The Morgan fingerprint density at radius 3 is 2.55 bits per heavy atom. The number of ether oxygens (including phenoxy) is 2. The molecule has 0 amide bonds. The summed E-state index contributed by atoms with van der Waals surface area (Å²) in [7, 11) is 0. The van der Waals surface area contributed by atoms with Crippen molar-refractivity contribution >= 4 is 17.6 Å². The molecule has 3 aromatic rings. The second-order valence-electron chi connectivity index (χ2n) is 7.95. The third-order valence-corrected chi connectivity index (χ3v) is 4.29. The monoisotopic (exact) mass is 445 g/mol. The number of hydrogen-bond acceptors (Lipinski definition) is 8. The van der Waals surface area contributed by atoms with Crippen LogP contribution < -0.4 is 4.74 Å². The predicted molar refractivity (Wildman–Crippen MR) is 114 cm³/mol. The number of carbonyl (C=O) groups excluding carboxylic acids is 1. The van der Waals surface area contributed by atoms with Crippen LogP contribution in [0, 0.1) is 5.92 Å². The second-order valence-corrected chi connectivity index (χ2v) is 8.38. The number of aliphatic hydroxyl groups excluding tert-OH is 1. The zero-order valence-electron chi connectivity index (χ0n) is 17.5. The van der Waals surface area contributed by atoms with E-state index in [-0.39, 0.29) is 31.5 Å². The molecule has 1 N–H and O–H groups in total. The average Bonchev–Trinajstić information content (AvgIpc) is 3.17. The molecule has 164 valence electrons. The fraction of sp³-hybridized carbons (Fsp3) is 0.381. The fourth-order valence-corrected chi connectivity index (χ4v) is 2.80. The molecular formula is C21H24ClN5O4. The molecule has 0 bridgehead atoms. The van der Waals surface area contributed by atoms with Crippen molar-refractivity contribution in [2.24, 2.45) is 5.92 Å². The van der Waals surface area contributed by atoms with E-state index in [0.717, 1.165) is 0 Å². The minimum Gasteiger partial charge on any atom is -0.460 e. The van der Waals surface area contributed by atoms with Gasteiger partial charge in [-0.2, -0.15) is 4.80 Å². The Bertz CT molecular complexity index is 1000. The van der Waals surface area contributed by atoms with Crippen molar-refractivity contribution in [1.82, 2.24) is 25.2 Å². The summed E-state index contributed by atoms with van der Waals surface area (Å²) in [5.74, 6) is 0.641. The lowest BCUT2D eigenvalue weighted by atomic mass is 10.1. The van der Waals surface area contributed by atoms with Crippen molar-refractivity contribution in [2.45, 2.75) is 39.3 Å². The van der Waals surface area contributed by atoms with E-state index in [1.807, 2.05) is 0 Å². The first kappa shape index (κ1) is 22.6. The van der Waals surface area contributed by atoms with E-state index in [4.69, 9.17) is 21.1 Å². The first-order chi connectivity index (χ1) is 14.7. The molecule has 2 heterocycles. The van der Waals surface area contributed by atoms with Crippen LogP contribution in [0.3, 0.4) is 0 Å². The predicted octanol–water partition coefficient (Wildman–Crippen LogP) is 3.52. The number of aliphatic hydroxyl groups is 1. The summed E-state index contributed by atoms with van der Waals surface area (Å²) in [6.07, 6.45) is 1.64. The second kappa shape index (κ2) is 9.84. The summed E-state index contributed by atoms with van der Waals surface area (Å²) in [5.41, 5.74) is 0.0778. The van der Waals surface area contributed by atoms with Crippen molar-refractivity contribution in [3.63, 3.8) is 0 Å². The number of hydrogen-bond donors (Lipinski definition) is 1. The quantitative estimate of drug-likeness (QED) is 0.524. The number of esters is 1. The number of carbonyl (C=O) groups is 1. The van der Waals surface area contributed by atoms with E-state index in [2.05, 4.69) is 20.4 Å². The lowest BCUT2D eigenvalue weighted by Crippen LogP contribution is -2.27. The topological polar surface area (TPSA) is 112 Å². The normalized spacial score (nSPS) is 12.4. The zero-order chi connectivity index (χ0) is 22.4. The number of pyridine rings is 1. The van der Waals surface area contributed by atoms with E-state index in [0.29, 0.717) is 28.0 Å². The molecule has 31 heavy (non-hydrogen) atoms. The highest BCUT2D eigenvalue weighted by molar-refractivity contribution is 6.30. The standard InChI is InChI=1S/C21H24ClN5O4/c1-21(2,3)31-19(29)10-14(13-28)12-27-25-20(24-26-27)15-4-9-18(23-11-15)30-17-7-5-16(22)6-8-17/h4-9,11,14,28H,10,12-13H2,1-3H3/t14-/m0/s1. The first-order valence-electron chi connectivity index (χ1n) is 9.72. The minimum atomic E-state index is -0.577. The Morgan fingerprint density at radius 1 is 1.19 bits per heavy atom. The third-order valence-electron chi connectivity index (χ3n) is 4.04. The van der Waals surface area contributed by atoms with Crippen LogP contribution in [0.25, 0.3) is 11.4 Å². The highest BCUT2D eigenvalue weighted by atomic mass is 35.5. The summed E-state index contributed by atoms with van der Waals surface area (Å²) >= 11 is 5.87. The summed E-state index contributed by atoms with van der Waals surface area (Å²) in [6, 6.07) is 10.4. The Kier molecular flexibility index (Phi) is 7.19. The van der Waals surface area contributed by atoms with Crippen molar-refractivity contribution in [3.05, 3.63) is 47.6 Å². The van der Waals surface area contributed by atoms with Gasteiger partial charge in [-0.3, -0.25) is 4.79 Å². The Hall–Kier alpha value is -3.04. The number of aromatic nitrogens is 5. The number of tetrazole rings is 1. The maximum absolute atomic E-state index is 12.0. The van der Waals surface area contributed by atoms with Gasteiger partial charge in [-0.05, 0) is 56.3 Å². The summed E-state index contributed by atoms with van der Waals surface area (Å²) in [6.45, 7) is 5.42. The lowest BCUT2D eigenvalue weighted by Gasteiger charge is -2.21. The van der Waals surface area contributed by atoms with Gasteiger partial charge in [0.1, 0.15) is 11.4 Å². The van der Waals surface area contributed by atoms with Gasteiger partial charge in [-0.1, -0.05) is 11.6 Å². The third kappa shape index (κ3) is 7.01. The molecule has 3 rings (SSSR count). The van der Waals surface area contributed by atoms with Gasteiger partial charge in [0.05, 0.1) is 13.0 Å². The maximum Gasteiger partial charge on any atom is 0.306 e. The smallest absolute Gasteiger partial charge is 0.306 e. The van der Waals surface area contributed by atoms with Gasteiger partial charge in [0.25, 0.3) is 0 Å². The highest BCUT2D eigenvalue weighted by Gasteiger charge is 2.21. The molecule has 0 aliphatic rings. The SMILES string of the molecule is CC(C)(C)OC(=O)C[C@H](CO)Cn1nnc(-c2ccc(Oc3ccc(Cl)cc3)nc2)n1. The number of benzene rings is 1. The zero-order valence-corrected chi connectivity index (χ0v) is 18.3. The highest BCUT2D eigenvalue weighted by Crippen LogP contribution is 2.23. The molecule has 0 radical (unpaired) electrons. The van der Waals surface area contributed by atoms with Crippen LogP contribution in [-0.4, -0.2) is 48.5 Å². The van der Waals surface area contributed by atoms with Crippen molar-refractivity contribution < 1.29 is 19.4 Å². The minimum absolute atomic E-state index is 0.0585. The number of halogens is 1. The van der Waals surface area contributed by atoms with Crippen LogP contribution in [0.5, 0.6) is 11.6 Å². The van der Waals surface area contributed by atoms with Gasteiger partial charge in [0.15, 0.2) is 0 Å². The molecule has 0 aliphatic heterocycles. The number of rotatable bonds is 8. The van der Waals surface area contributed by atoms with Crippen LogP contribution in [0.2, 0.25) is 5.02 Å². The van der Waals surface area contributed by atoms with Crippen molar-refractivity contribution in [3.8, 4) is 23.0 Å². The molecular weight excluding hydrogens is 422 g/mol. The van der Waals surface area contributed by atoms with E-state index >= 15 is 0 Å². The van der Waals surface area contributed by atoms with Gasteiger partial charge in [-0.15, -0.1) is 10.2 Å². The average molecular weight is 446 g/mol. The van der Waals surface area contributed by atoms with Gasteiger partial charge in [-0.25, -0.2) is 4.98 Å². The van der Waals surface area contributed by atoms with Crippen LogP contribution in [0.1, 0.15) is 27.2 Å².